The first kappa shape index (κ1) is 19.4. The monoisotopic (exact) mass is 418 g/mol. The van der Waals surface area contributed by atoms with Crippen molar-refractivity contribution in [3.8, 4) is 5.69 Å². The van der Waals surface area contributed by atoms with Crippen molar-refractivity contribution in [2.75, 3.05) is 23.8 Å². The zero-order chi connectivity index (χ0) is 21.7. The van der Waals surface area contributed by atoms with E-state index in [1.807, 2.05) is 61.3 Å². The van der Waals surface area contributed by atoms with Crippen molar-refractivity contribution in [2.24, 2.45) is 0 Å². The number of hydrogen-bond donors (Lipinski definition) is 1. The van der Waals surface area contributed by atoms with Crippen LogP contribution >= 0.6 is 0 Å². The summed E-state index contributed by atoms with van der Waals surface area (Å²) in [5.74, 6) is 0.121. The Morgan fingerprint density at radius 2 is 1.81 bits per heavy atom. The normalized spacial score (nSPS) is 15.5. The van der Waals surface area contributed by atoms with E-state index < -0.39 is 0 Å². The number of halogens is 1. The molecule has 1 aliphatic heterocycles. The number of likely N-dealkylation sites (N-methyl/N-ethyl adjacent to an activating group) is 1. The molecule has 0 bridgehead atoms. The predicted molar refractivity (Wildman–Crippen MR) is 121 cm³/mol. The van der Waals surface area contributed by atoms with Crippen molar-refractivity contribution in [3.05, 3.63) is 92.4 Å². The minimum atomic E-state index is -0.389. The van der Waals surface area contributed by atoms with Crippen molar-refractivity contribution in [1.82, 2.24) is 9.13 Å². The number of anilines is 2. The first-order valence-electron chi connectivity index (χ1n) is 10.4. The highest BCUT2D eigenvalue weighted by Crippen LogP contribution is 2.35. The third kappa shape index (κ3) is 3.26. The molecule has 3 aromatic rings. The molecule has 0 unspecified atom stereocenters. The summed E-state index contributed by atoms with van der Waals surface area (Å²) in [6, 6.07) is 14.1. The van der Waals surface area contributed by atoms with Crippen LogP contribution < -0.4 is 21.5 Å². The second-order valence-electron chi connectivity index (χ2n) is 8.17. The van der Waals surface area contributed by atoms with Crippen LogP contribution in [0, 0.1) is 12.7 Å². The lowest BCUT2D eigenvalue weighted by molar-refractivity contribution is 0.623. The van der Waals surface area contributed by atoms with Crippen LogP contribution in [0.25, 0.3) is 11.4 Å². The highest BCUT2D eigenvalue weighted by molar-refractivity contribution is 5.85. The summed E-state index contributed by atoms with van der Waals surface area (Å²) in [4.78, 5) is 28.9. The molecule has 1 saturated carbocycles. The molecule has 1 aliphatic carbocycles. The van der Waals surface area contributed by atoms with Gasteiger partial charge < -0.3 is 10.2 Å². The number of nitrogens with one attached hydrogen (secondary N) is 1. The van der Waals surface area contributed by atoms with Crippen molar-refractivity contribution in [2.45, 2.75) is 25.8 Å². The van der Waals surface area contributed by atoms with E-state index in [4.69, 9.17) is 0 Å². The van der Waals surface area contributed by atoms with Gasteiger partial charge in [0.25, 0.3) is 5.56 Å². The fourth-order valence-corrected chi connectivity index (χ4v) is 4.07. The molecule has 158 valence electrons. The van der Waals surface area contributed by atoms with Crippen molar-refractivity contribution in [1.29, 1.82) is 0 Å². The summed E-state index contributed by atoms with van der Waals surface area (Å²) in [6.07, 6.45) is 3.47. The molecule has 7 heteroatoms. The van der Waals surface area contributed by atoms with Crippen LogP contribution in [0.2, 0.25) is 0 Å². The first-order valence-corrected chi connectivity index (χ1v) is 10.4. The van der Waals surface area contributed by atoms with E-state index in [0.29, 0.717) is 35.0 Å². The molecule has 2 aliphatic rings. The molecule has 2 heterocycles. The molecule has 0 atom stereocenters. The van der Waals surface area contributed by atoms with Gasteiger partial charge in [-0.05, 0) is 55.7 Å². The molecule has 1 aromatic heterocycles. The van der Waals surface area contributed by atoms with Crippen molar-refractivity contribution >= 4 is 17.2 Å². The second-order valence-corrected chi connectivity index (χ2v) is 8.17. The third-order valence-corrected chi connectivity index (χ3v) is 5.79. The van der Waals surface area contributed by atoms with Gasteiger partial charge in [0, 0.05) is 19.6 Å². The topological polar surface area (TPSA) is 59.3 Å². The van der Waals surface area contributed by atoms with Gasteiger partial charge in [-0.3, -0.25) is 9.36 Å². The zero-order valence-corrected chi connectivity index (χ0v) is 17.4. The Balaban J connectivity index is 1.76. The molecular weight excluding hydrogens is 395 g/mol. The lowest BCUT2D eigenvalue weighted by Crippen LogP contribution is -2.45. The quantitative estimate of drug-likeness (QED) is 0.702. The lowest BCUT2D eigenvalue weighted by Gasteiger charge is -2.31. The molecule has 0 saturated heterocycles. The first-order chi connectivity index (χ1) is 15.0. The van der Waals surface area contributed by atoms with Gasteiger partial charge in [0.1, 0.15) is 17.2 Å². The van der Waals surface area contributed by atoms with Gasteiger partial charge in [0.05, 0.1) is 17.1 Å². The SMILES string of the molecule is Cc1ccc(NC2=CCN(C)c3c2c(=O)n(C2CC2)c(=O)n3-c2ccccc2)c(F)c1. The van der Waals surface area contributed by atoms with Crippen molar-refractivity contribution < 1.29 is 4.39 Å². The van der Waals surface area contributed by atoms with Gasteiger partial charge in [-0.2, -0.15) is 0 Å². The van der Waals surface area contributed by atoms with E-state index >= 15 is 0 Å². The van der Waals surface area contributed by atoms with Crippen LogP contribution in [0.5, 0.6) is 0 Å². The summed E-state index contributed by atoms with van der Waals surface area (Å²) >= 11 is 0. The van der Waals surface area contributed by atoms with Crippen LogP contribution in [0.15, 0.2) is 64.2 Å². The standard InChI is InChI=1S/C24H23FN4O2/c1-15-8-11-19(18(25)14-15)26-20-12-13-27(2)22-21(20)23(30)29(17-9-10-17)24(31)28(22)16-6-4-3-5-7-16/h3-8,11-12,14,17,26H,9-10,13H2,1-2H3. The fraction of sp³-hybridized carbons (Fsp3) is 0.250. The number of fused-ring (bicyclic) bond motifs is 1. The summed E-state index contributed by atoms with van der Waals surface area (Å²) in [6.45, 7) is 2.30. The molecule has 0 amide bonds. The van der Waals surface area contributed by atoms with Gasteiger partial charge in [-0.25, -0.2) is 13.8 Å². The number of para-hydroxylation sites is 1. The van der Waals surface area contributed by atoms with E-state index in [0.717, 1.165) is 18.4 Å². The van der Waals surface area contributed by atoms with Gasteiger partial charge >= 0.3 is 5.69 Å². The van der Waals surface area contributed by atoms with Crippen LogP contribution in [0.1, 0.15) is 30.0 Å². The molecule has 0 radical (unpaired) electrons. The molecule has 5 rings (SSSR count). The highest BCUT2D eigenvalue weighted by Gasteiger charge is 2.34. The van der Waals surface area contributed by atoms with Crippen LogP contribution in [-0.4, -0.2) is 22.7 Å². The molecule has 0 spiro atoms. The number of aryl methyl sites for hydroxylation is 1. The van der Waals surface area contributed by atoms with Crippen molar-refractivity contribution in [3.63, 3.8) is 0 Å². The maximum absolute atomic E-state index is 14.5. The van der Waals surface area contributed by atoms with E-state index in [1.165, 1.54) is 10.6 Å². The Kier molecular flexibility index (Phi) is 4.54. The fourth-order valence-electron chi connectivity index (χ4n) is 4.07. The summed E-state index contributed by atoms with van der Waals surface area (Å²) in [7, 11) is 1.85. The second kappa shape index (κ2) is 7.27. The van der Waals surface area contributed by atoms with Gasteiger partial charge in [-0.15, -0.1) is 0 Å². The Bertz CT molecular complexity index is 1320. The van der Waals surface area contributed by atoms with Gasteiger partial charge in [0.2, 0.25) is 0 Å². The summed E-state index contributed by atoms with van der Waals surface area (Å²) in [5.41, 5.74) is 2.01. The summed E-state index contributed by atoms with van der Waals surface area (Å²) < 4.78 is 17.5. The van der Waals surface area contributed by atoms with Crippen LogP contribution in [0.4, 0.5) is 15.9 Å². The average Bonchev–Trinajstić information content (AvgIpc) is 3.58. The Labute approximate surface area is 178 Å². The van der Waals surface area contributed by atoms with E-state index in [-0.39, 0.29) is 23.1 Å². The van der Waals surface area contributed by atoms with Gasteiger partial charge in [-0.1, -0.05) is 24.3 Å². The van der Waals surface area contributed by atoms with Crippen LogP contribution in [-0.2, 0) is 0 Å². The largest absolute Gasteiger partial charge is 0.356 e. The Hall–Kier alpha value is -3.61. The predicted octanol–water partition coefficient (Wildman–Crippen LogP) is 3.68. The molecule has 1 fully saturated rings. The smallest absolute Gasteiger partial charge is 0.337 e. The summed E-state index contributed by atoms with van der Waals surface area (Å²) in [5, 5.41) is 3.11. The number of nitrogens with zero attached hydrogens (tertiary/aromatic N) is 3. The third-order valence-electron chi connectivity index (χ3n) is 5.79. The Morgan fingerprint density at radius 3 is 2.48 bits per heavy atom. The number of aromatic nitrogens is 2. The molecular formula is C24H23FN4O2. The number of hydrogen-bond acceptors (Lipinski definition) is 4. The van der Waals surface area contributed by atoms with Crippen LogP contribution in [0.3, 0.4) is 0 Å². The van der Waals surface area contributed by atoms with E-state index in [9.17, 15) is 14.0 Å². The van der Waals surface area contributed by atoms with E-state index in [2.05, 4.69) is 5.32 Å². The highest BCUT2D eigenvalue weighted by atomic mass is 19.1. The Morgan fingerprint density at radius 1 is 1.06 bits per heavy atom. The molecule has 31 heavy (non-hydrogen) atoms. The molecule has 1 N–H and O–H groups in total. The van der Waals surface area contributed by atoms with Gasteiger partial charge in [0.15, 0.2) is 0 Å². The van der Waals surface area contributed by atoms with E-state index in [1.54, 1.807) is 10.6 Å². The average molecular weight is 418 g/mol. The minimum Gasteiger partial charge on any atom is -0.356 e. The molecule has 6 nitrogen and oxygen atoms in total. The number of rotatable bonds is 4. The molecule has 2 aromatic carbocycles. The number of benzene rings is 2. The maximum Gasteiger partial charge on any atom is 0.337 e. The zero-order valence-electron chi connectivity index (χ0n) is 17.4. The minimum absolute atomic E-state index is 0.0927. The maximum atomic E-state index is 14.5. The lowest BCUT2D eigenvalue weighted by atomic mass is 10.1.